The Bertz CT molecular complexity index is 1570. The Kier molecular flexibility index (Phi) is 10.6. The van der Waals surface area contributed by atoms with Crippen LogP contribution in [0.15, 0.2) is 30.6 Å². The van der Waals surface area contributed by atoms with Crippen LogP contribution in [0.5, 0.6) is 5.75 Å². The first-order chi connectivity index (χ1) is 21.3. The zero-order valence-electron chi connectivity index (χ0n) is 25.3. The maximum atomic E-state index is 14.2. The van der Waals surface area contributed by atoms with Crippen LogP contribution in [-0.2, 0) is 39.3 Å². The van der Waals surface area contributed by atoms with Crippen molar-refractivity contribution < 1.29 is 47.6 Å². The number of aliphatic hydroxyl groups is 2. The number of benzene rings is 1. The quantitative estimate of drug-likeness (QED) is 0.122. The third kappa shape index (κ3) is 7.69. The number of nitrogens with zero attached hydrogens (tertiary/aromatic N) is 4. The molecular formula is C27H38N7O10P. The molecule has 0 aliphatic carbocycles. The van der Waals surface area contributed by atoms with E-state index in [9.17, 15) is 24.4 Å². The fourth-order valence-electron chi connectivity index (χ4n) is 4.72. The maximum absolute atomic E-state index is 14.2. The van der Waals surface area contributed by atoms with Gasteiger partial charge in [0.2, 0.25) is 5.95 Å². The van der Waals surface area contributed by atoms with Gasteiger partial charge in [-0.25, -0.2) is 9.55 Å². The summed E-state index contributed by atoms with van der Waals surface area (Å²) >= 11 is 0. The summed E-state index contributed by atoms with van der Waals surface area (Å²) in [5.41, 5.74) is 10.6. The highest BCUT2D eigenvalue weighted by Gasteiger charge is 2.54. The molecule has 1 aliphatic heterocycles. The van der Waals surface area contributed by atoms with Gasteiger partial charge in [0.1, 0.15) is 35.1 Å². The lowest BCUT2D eigenvalue weighted by Crippen LogP contribution is -2.44. The predicted octanol–water partition coefficient (Wildman–Crippen LogP) is 1.24. The molecule has 18 heteroatoms. The number of aliphatic hydroxyl groups excluding tert-OH is 1. The average molecular weight is 652 g/mol. The topological polar surface area (TPSA) is 245 Å². The molecule has 4 rings (SSSR count). The first-order valence-electron chi connectivity index (χ1n) is 14.2. The molecule has 1 fully saturated rings. The molecule has 1 aromatic carbocycles. The van der Waals surface area contributed by atoms with E-state index >= 15 is 0 Å². The number of hydrogen-bond donors (Lipinski definition) is 5. The normalized spacial score (nSPS) is 23.4. The van der Waals surface area contributed by atoms with Crippen LogP contribution < -0.4 is 21.1 Å². The van der Waals surface area contributed by atoms with E-state index in [1.165, 1.54) is 30.8 Å². The van der Waals surface area contributed by atoms with Gasteiger partial charge in [0, 0.05) is 6.42 Å². The van der Waals surface area contributed by atoms with E-state index in [2.05, 4.69) is 20.0 Å². The van der Waals surface area contributed by atoms with Crippen molar-refractivity contribution >= 4 is 42.6 Å². The number of nitrogens with two attached hydrogens (primary N) is 2. The summed E-state index contributed by atoms with van der Waals surface area (Å²) in [6, 6.07) is 5.41. The largest absolute Gasteiger partial charge is 0.466 e. The fourth-order valence-corrected chi connectivity index (χ4v) is 6.26. The number of carbonyl (C=O) groups is 2. The summed E-state index contributed by atoms with van der Waals surface area (Å²) in [6.45, 7) is 5.81. The van der Waals surface area contributed by atoms with E-state index in [-0.39, 0.29) is 54.7 Å². The van der Waals surface area contributed by atoms with Crippen LogP contribution in [-0.4, -0.2) is 85.3 Å². The van der Waals surface area contributed by atoms with Gasteiger partial charge in [-0.05, 0) is 45.7 Å². The fraction of sp³-hybridized carbons (Fsp3) is 0.519. The average Bonchev–Trinajstić information content (AvgIpc) is 3.49. The summed E-state index contributed by atoms with van der Waals surface area (Å²) in [5, 5.41) is 24.9. The lowest BCUT2D eigenvalue weighted by Gasteiger charge is -2.27. The zero-order valence-corrected chi connectivity index (χ0v) is 26.2. The number of ether oxygens (including phenoxy) is 3. The molecule has 45 heavy (non-hydrogen) atoms. The number of imidazole rings is 1. The van der Waals surface area contributed by atoms with Gasteiger partial charge in [-0.15, -0.1) is 0 Å². The van der Waals surface area contributed by atoms with Gasteiger partial charge in [-0.1, -0.05) is 18.2 Å². The highest BCUT2D eigenvalue weighted by atomic mass is 31.2. The van der Waals surface area contributed by atoms with E-state index in [0.717, 1.165) is 0 Å². The van der Waals surface area contributed by atoms with Gasteiger partial charge in [0.05, 0.1) is 26.1 Å². The Morgan fingerprint density at radius 2 is 1.91 bits per heavy atom. The van der Waals surface area contributed by atoms with Gasteiger partial charge in [0.25, 0.3) is 0 Å². The standard InChI is InChI=1S/C27H38N7O10P/c1-5-40-19(35)12-11-16-9-7-8-10-17(16)44-45(39,33-15(3)24(37)41-6-2)42-13-18-21(36)27(4,38)25(43-18)34-14-30-20-22(28)31-26(29)32-23(20)34/h7-10,14-15,18,21,25,36,38H,5-6,11-13H2,1-4H3,(H,33,39)(H4,28,29,31,32)/t15?,18-,21-,25-,27-,45+/m1/s1. The van der Waals surface area contributed by atoms with Crippen molar-refractivity contribution in [1.82, 2.24) is 24.6 Å². The highest BCUT2D eigenvalue weighted by Crippen LogP contribution is 2.48. The van der Waals surface area contributed by atoms with Gasteiger partial charge in [0.15, 0.2) is 17.7 Å². The number of anilines is 2. The molecule has 1 unspecified atom stereocenters. The summed E-state index contributed by atoms with van der Waals surface area (Å²) in [5.74, 6) is -1.14. The molecule has 1 saturated heterocycles. The van der Waals surface area contributed by atoms with Crippen molar-refractivity contribution in [3.8, 4) is 5.75 Å². The summed E-state index contributed by atoms with van der Waals surface area (Å²) in [6.07, 6.45) is -2.53. The first-order valence-corrected chi connectivity index (χ1v) is 15.8. The number of hydrogen-bond acceptors (Lipinski definition) is 15. The third-order valence-electron chi connectivity index (χ3n) is 6.97. The van der Waals surface area contributed by atoms with Crippen LogP contribution in [0.4, 0.5) is 11.8 Å². The highest BCUT2D eigenvalue weighted by molar-refractivity contribution is 7.52. The minimum absolute atomic E-state index is 0.0109. The second-order valence-electron chi connectivity index (χ2n) is 10.4. The minimum atomic E-state index is -4.43. The Balaban J connectivity index is 1.57. The summed E-state index contributed by atoms with van der Waals surface area (Å²) in [7, 11) is -4.43. The van der Waals surface area contributed by atoms with E-state index in [4.69, 9.17) is 34.7 Å². The number of aromatic nitrogens is 4. The molecule has 0 saturated carbocycles. The monoisotopic (exact) mass is 651 g/mol. The lowest BCUT2D eigenvalue weighted by molar-refractivity contribution is -0.145. The van der Waals surface area contributed by atoms with Crippen LogP contribution >= 0.6 is 7.75 Å². The molecular weight excluding hydrogens is 613 g/mol. The molecule has 2 aromatic heterocycles. The van der Waals surface area contributed by atoms with Crippen molar-refractivity contribution in [2.45, 2.75) is 70.6 Å². The van der Waals surface area contributed by atoms with Gasteiger partial charge < -0.3 is 40.4 Å². The molecule has 3 heterocycles. The Hall–Kier alpha value is -3.86. The summed E-state index contributed by atoms with van der Waals surface area (Å²) < 4.78 is 43.1. The number of carbonyl (C=O) groups excluding carboxylic acids is 2. The molecule has 246 valence electrons. The molecule has 0 radical (unpaired) electrons. The second-order valence-corrected chi connectivity index (χ2v) is 12.1. The van der Waals surface area contributed by atoms with Gasteiger partial charge in [-0.2, -0.15) is 15.1 Å². The van der Waals surface area contributed by atoms with Crippen molar-refractivity contribution in [1.29, 1.82) is 0 Å². The number of aryl methyl sites for hydroxylation is 1. The van der Waals surface area contributed by atoms with Gasteiger partial charge in [-0.3, -0.25) is 18.7 Å². The Labute approximate surface area is 258 Å². The molecule has 7 N–H and O–H groups in total. The number of para-hydroxylation sites is 1. The number of rotatable bonds is 14. The summed E-state index contributed by atoms with van der Waals surface area (Å²) in [4.78, 5) is 36.5. The Morgan fingerprint density at radius 3 is 2.62 bits per heavy atom. The molecule has 1 aliphatic rings. The number of fused-ring (bicyclic) bond motifs is 1. The van der Waals surface area contributed by atoms with Crippen molar-refractivity contribution in [3.63, 3.8) is 0 Å². The number of nitrogen functional groups attached to an aromatic ring is 2. The number of esters is 2. The molecule has 6 atom stereocenters. The van der Waals surface area contributed by atoms with E-state index in [1.807, 2.05) is 0 Å². The first kappa shape index (κ1) is 34.0. The minimum Gasteiger partial charge on any atom is -0.466 e. The molecule has 0 bridgehead atoms. The molecule has 17 nitrogen and oxygen atoms in total. The van der Waals surface area contributed by atoms with E-state index in [0.29, 0.717) is 5.56 Å². The molecule has 0 amide bonds. The predicted molar refractivity (Wildman–Crippen MR) is 160 cm³/mol. The van der Waals surface area contributed by atoms with E-state index in [1.54, 1.807) is 32.0 Å². The van der Waals surface area contributed by atoms with Gasteiger partial charge >= 0.3 is 19.7 Å². The molecule has 0 spiro atoms. The van der Waals surface area contributed by atoms with Crippen molar-refractivity contribution in [3.05, 3.63) is 36.2 Å². The maximum Gasteiger partial charge on any atom is 0.459 e. The smallest absolute Gasteiger partial charge is 0.459 e. The second kappa shape index (κ2) is 14.1. The van der Waals surface area contributed by atoms with Crippen LogP contribution in [0.3, 0.4) is 0 Å². The number of nitrogens with one attached hydrogen (secondary N) is 1. The SMILES string of the molecule is CCOC(=O)CCc1ccccc1O[P@](=O)(NC(C)C(=O)OCC)OC[C@H]1O[C@@H](n2cnc3c(N)nc(N)nc32)[C@](C)(O)[C@@H]1O. The lowest BCUT2D eigenvalue weighted by atomic mass is 9.96. The van der Waals surface area contributed by atoms with Crippen LogP contribution in [0.1, 0.15) is 45.9 Å². The van der Waals surface area contributed by atoms with Crippen molar-refractivity contribution in [2.24, 2.45) is 0 Å². The third-order valence-corrected chi connectivity index (χ3v) is 8.60. The van der Waals surface area contributed by atoms with Crippen LogP contribution in [0, 0.1) is 0 Å². The van der Waals surface area contributed by atoms with E-state index < -0.39 is 56.4 Å². The zero-order chi connectivity index (χ0) is 32.9. The molecule has 3 aromatic rings. The van der Waals surface area contributed by atoms with Crippen molar-refractivity contribution in [2.75, 3.05) is 31.3 Å². The van der Waals surface area contributed by atoms with Crippen LogP contribution in [0.2, 0.25) is 0 Å². The van der Waals surface area contributed by atoms with Crippen LogP contribution in [0.25, 0.3) is 11.2 Å². The Morgan fingerprint density at radius 1 is 1.20 bits per heavy atom.